The van der Waals surface area contributed by atoms with E-state index in [9.17, 15) is 18.0 Å². The van der Waals surface area contributed by atoms with Gasteiger partial charge in [0.1, 0.15) is 17.2 Å². The normalized spacial score (nSPS) is 15.2. The number of hydrogen-bond acceptors (Lipinski definition) is 5. The fraction of sp³-hybridized carbons (Fsp3) is 0.318. The highest BCUT2D eigenvalue weighted by Gasteiger charge is 2.34. The van der Waals surface area contributed by atoms with Crippen molar-refractivity contribution in [3.63, 3.8) is 0 Å². The quantitative estimate of drug-likeness (QED) is 0.398. The minimum Gasteiger partial charge on any atom is -0.456 e. The first-order valence-electron chi connectivity index (χ1n) is 10.3. The first-order chi connectivity index (χ1) is 15.7. The third-order valence-electron chi connectivity index (χ3n) is 5.35. The van der Waals surface area contributed by atoms with Crippen LogP contribution in [0.5, 0.6) is 11.5 Å². The van der Waals surface area contributed by atoms with Crippen LogP contribution in [0.4, 0.5) is 13.2 Å². The third kappa shape index (κ3) is 5.25. The summed E-state index contributed by atoms with van der Waals surface area (Å²) in [5.41, 5.74) is 5.47. The molecule has 0 unspecified atom stereocenters. The highest BCUT2D eigenvalue weighted by molar-refractivity contribution is 6.07. The van der Waals surface area contributed by atoms with Gasteiger partial charge in [-0.1, -0.05) is 0 Å². The van der Waals surface area contributed by atoms with E-state index < -0.39 is 17.6 Å². The second-order valence-electron chi connectivity index (χ2n) is 7.79. The van der Waals surface area contributed by atoms with Crippen LogP contribution in [0.1, 0.15) is 34.5 Å². The predicted molar refractivity (Wildman–Crippen MR) is 117 cm³/mol. The minimum absolute atomic E-state index is 0.0293. The zero-order valence-corrected chi connectivity index (χ0v) is 17.9. The van der Waals surface area contributed by atoms with Gasteiger partial charge in [-0.15, -0.1) is 0 Å². The number of ether oxygens (including phenoxy) is 1. The number of carbonyl (C=O) groups is 1. The number of aliphatic imine (C=N–C) groups is 1. The maximum Gasteiger partial charge on any atom is 0.417 e. The lowest BCUT2D eigenvalue weighted by molar-refractivity contribution is -0.136. The smallest absolute Gasteiger partial charge is 0.417 e. The fourth-order valence-corrected chi connectivity index (χ4v) is 3.81. The van der Waals surface area contributed by atoms with Gasteiger partial charge >= 0.3 is 6.18 Å². The van der Waals surface area contributed by atoms with E-state index in [1.165, 1.54) is 19.3 Å². The van der Waals surface area contributed by atoms with Crippen molar-refractivity contribution in [2.45, 2.75) is 25.6 Å². The molecule has 1 saturated heterocycles. The Morgan fingerprint density at radius 3 is 2.67 bits per heavy atom. The highest BCUT2D eigenvalue weighted by Crippen LogP contribution is 2.39. The Kier molecular flexibility index (Phi) is 6.23. The van der Waals surface area contributed by atoms with Crippen LogP contribution < -0.4 is 15.8 Å². The van der Waals surface area contributed by atoms with Crippen LogP contribution in [0.25, 0.3) is 10.9 Å². The van der Waals surface area contributed by atoms with Gasteiger partial charge in [0.15, 0.2) is 5.96 Å². The number of pyridine rings is 1. The molecule has 0 saturated carbocycles. The van der Waals surface area contributed by atoms with Crippen molar-refractivity contribution in [3.05, 3.63) is 53.5 Å². The molecule has 2 aromatic heterocycles. The van der Waals surface area contributed by atoms with E-state index >= 15 is 0 Å². The summed E-state index contributed by atoms with van der Waals surface area (Å²) in [6.45, 7) is 2.72. The number of aromatic nitrogens is 2. The van der Waals surface area contributed by atoms with Crippen LogP contribution in [-0.4, -0.2) is 46.9 Å². The topological polar surface area (TPSA) is 109 Å². The van der Waals surface area contributed by atoms with Gasteiger partial charge in [0.05, 0.1) is 17.3 Å². The van der Waals surface area contributed by atoms with Crippen LogP contribution in [0.2, 0.25) is 0 Å². The number of hydrogen-bond donors (Lipinski definition) is 3. The molecule has 0 atom stereocenters. The molecule has 1 fully saturated rings. The number of H-pyrrole nitrogens is 1. The standard InChI is InChI=1S/C22H23F3N6O2/c1-27-21(26)30-20(32)19-9-16-17(22(23,24)25)7-14(8-18(16)29-19)33-15-6-13(10-28-11-15)12-31-4-2-3-5-31/h6-11,29H,2-5,12H2,1H3,(H3,26,27,30,32). The molecule has 33 heavy (non-hydrogen) atoms. The van der Waals surface area contributed by atoms with Gasteiger partial charge in [-0.3, -0.25) is 25.0 Å². The second-order valence-corrected chi connectivity index (χ2v) is 7.79. The highest BCUT2D eigenvalue weighted by atomic mass is 19.4. The molecule has 1 aliphatic heterocycles. The molecule has 1 amide bonds. The number of rotatable bonds is 5. The summed E-state index contributed by atoms with van der Waals surface area (Å²) in [7, 11) is 1.38. The summed E-state index contributed by atoms with van der Waals surface area (Å²) in [5, 5.41) is 2.13. The van der Waals surface area contributed by atoms with Crippen molar-refractivity contribution < 1.29 is 22.7 Å². The average molecular weight is 460 g/mol. The molecule has 4 N–H and O–H groups in total. The fourth-order valence-electron chi connectivity index (χ4n) is 3.81. The van der Waals surface area contributed by atoms with Crippen LogP contribution >= 0.6 is 0 Å². The number of guanidine groups is 1. The molecular weight excluding hydrogens is 437 g/mol. The number of nitrogens with zero attached hydrogens (tertiary/aromatic N) is 3. The lowest BCUT2D eigenvalue weighted by Gasteiger charge is -2.15. The lowest BCUT2D eigenvalue weighted by Crippen LogP contribution is -2.36. The SMILES string of the molecule is CN=C(N)NC(=O)c1cc2c(C(F)(F)F)cc(Oc3cncc(CN4CCCC4)c3)cc2[nH]1. The molecule has 0 aliphatic carbocycles. The number of benzene rings is 1. The summed E-state index contributed by atoms with van der Waals surface area (Å²) in [6, 6.07) is 5.21. The molecule has 3 heterocycles. The number of halogens is 3. The molecule has 3 aromatic rings. The average Bonchev–Trinajstić information content (AvgIpc) is 3.42. The van der Waals surface area contributed by atoms with E-state index in [-0.39, 0.29) is 28.3 Å². The maximum atomic E-state index is 13.8. The maximum absolute atomic E-state index is 13.8. The summed E-state index contributed by atoms with van der Waals surface area (Å²) in [5.74, 6) is -0.558. The molecule has 0 radical (unpaired) electrons. The van der Waals surface area contributed by atoms with Crippen LogP contribution in [0.3, 0.4) is 0 Å². The van der Waals surface area contributed by atoms with Gasteiger partial charge in [-0.2, -0.15) is 13.2 Å². The molecule has 174 valence electrons. The molecule has 0 bridgehead atoms. The van der Waals surface area contributed by atoms with Crippen molar-refractivity contribution >= 4 is 22.8 Å². The summed E-state index contributed by atoms with van der Waals surface area (Å²) >= 11 is 0. The zero-order valence-electron chi connectivity index (χ0n) is 17.9. The number of nitrogens with two attached hydrogens (primary N) is 1. The van der Waals surface area contributed by atoms with E-state index in [0.29, 0.717) is 12.3 Å². The van der Waals surface area contributed by atoms with Crippen molar-refractivity contribution in [1.29, 1.82) is 0 Å². The van der Waals surface area contributed by atoms with Gasteiger partial charge in [0.25, 0.3) is 5.91 Å². The van der Waals surface area contributed by atoms with Crippen LogP contribution in [0.15, 0.2) is 41.7 Å². The third-order valence-corrected chi connectivity index (χ3v) is 5.35. The van der Waals surface area contributed by atoms with Gasteiger partial charge in [0.2, 0.25) is 0 Å². The van der Waals surface area contributed by atoms with E-state index in [4.69, 9.17) is 10.5 Å². The minimum atomic E-state index is -4.66. The summed E-state index contributed by atoms with van der Waals surface area (Å²) in [4.78, 5) is 25.0. The van der Waals surface area contributed by atoms with Crippen molar-refractivity contribution in [2.24, 2.45) is 10.7 Å². The Bertz CT molecular complexity index is 1200. The van der Waals surface area contributed by atoms with Crippen LogP contribution in [-0.2, 0) is 12.7 Å². The molecule has 11 heteroatoms. The number of alkyl halides is 3. The van der Waals surface area contributed by atoms with Gasteiger partial charge in [0, 0.05) is 31.2 Å². The van der Waals surface area contributed by atoms with Crippen molar-refractivity contribution in [1.82, 2.24) is 20.2 Å². The lowest BCUT2D eigenvalue weighted by atomic mass is 10.1. The molecule has 8 nitrogen and oxygen atoms in total. The predicted octanol–water partition coefficient (Wildman–Crippen LogP) is 3.64. The molecule has 1 aliphatic rings. The monoisotopic (exact) mass is 460 g/mol. The number of amides is 1. The number of nitrogens with one attached hydrogen (secondary N) is 2. The van der Waals surface area contributed by atoms with Crippen molar-refractivity contribution in [2.75, 3.05) is 20.1 Å². The Morgan fingerprint density at radius 2 is 1.97 bits per heavy atom. The van der Waals surface area contributed by atoms with E-state index in [1.807, 2.05) is 0 Å². The Labute approximate surface area is 187 Å². The largest absolute Gasteiger partial charge is 0.456 e. The first kappa shape index (κ1) is 22.6. The number of aromatic amines is 1. The molecular formula is C22H23F3N6O2. The Hall–Kier alpha value is -3.60. The van der Waals surface area contributed by atoms with Gasteiger partial charge in [-0.05, 0) is 49.7 Å². The second kappa shape index (κ2) is 9.10. The Morgan fingerprint density at radius 1 is 1.21 bits per heavy atom. The van der Waals surface area contributed by atoms with Crippen molar-refractivity contribution in [3.8, 4) is 11.5 Å². The molecule has 4 rings (SSSR count). The zero-order chi connectivity index (χ0) is 23.6. The Balaban J connectivity index is 1.64. The van der Waals surface area contributed by atoms with E-state index in [2.05, 4.69) is 25.2 Å². The van der Waals surface area contributed by atoms with E-state index in [0.717, 1.165) is 43.6 Å². The first-order valence-corrected chi connectivity index (χ1v) is 10.3. The number of likely N-dealkylation sites (tertiary alicyclic amines) is 1. The summed E-state index contributed by atoms with van der Waals surface area (Å²) in [6.07, 6.45) is 0.811. The molecule has 0 spiro atoms. The molecule has 1 aromatic carbocycles. The van der Waals surface area contributed by atoms with Crippen LogP contribution in [0, 0.1) is 0 Å². The van der Waals surface area contributed by atoms with Gasteiger partial charge in [-0.25, -0.2) is 0 Å². The van der Waals surface area contributed by atoms with E-state index in [1.54, 1.807) is 12.3 Å². The van der Waals surface area contributed by atoms with Gasteiger partial charge < -0.3 is 15.5 Å². The number of carbonyl (C=O) groups excluding carboxylic acids is 1. The number of fused-ring (bicyclic) bond motifs is 1. The summed E-state index contributed by atoms with van der Waals surface area (Å²) < 4.78 is 47.1.